The van der Waals surface area contributed by atoms with Crippen LogP contribution in [-0.4, -0.2) is 22.2 Å². The molecule has 4 nitrogen and oxygen atoms in total. The summed E-state index contributed by atoms with van der Waals surface area (Å²) in [5.74, 6) is -1.38. The minimum absolute atomic E-state index is 0. The molecule has 0 fully saturated rings. The van der Waals surface area contributed by atoms with Crippen molar-refractivity contribution in [1.29, 1.82) is 0 Å². The second-order valence-electron chi connectivity index (χ2n) is 9.33. The molecule has 5 heteroatoms. The van der Waals surface area contributed by atoms with Crippen molar-refractivity contribution in [2.24, 2.45) is 0 Å². The van der Waals surface area contributed by atoms with Crippen molar-refractivity contribution in [3.8, 4) is 0 Å². The Balaban J connectivity index is -0.000000569. The Hall–Kier alpha value is -0.957. The summed E-state index contributed by atoms with van der Waals surface area (Å²) >= 11 is 0. The number of hydrogen-bond donors (Lipinski definition) is 2. The minimum Gasteiger partial charge on any atom is -0.481 e. The van der Waals surface area contributed by atoms with E-state index in [-0.39, 0.29) is 19.5 Å². The predicted molar refractivity (Wildman–Crippen MR) is 146 cm³/mol. The average Bonchev–Trinajstić information content (AvgIpc) is 2.80. The van der Waals surface area contributed by atoms with Crippen LogP contribution in [-0.2, 0) is 29.1 Å². The van der Waals surface area contributed by atoms with Crippen LogP contribution in [0.4, 0.5) is 0 Å². The summed E-state index contributed by atoms with van der Waals surface area (Å²) in [7, 11) is 0. The minimum atomic E-state index is -0.689. The molecule has 0 rings (SSSR count). The molecule has 0 radical (unpaired) electrons. The third-order valence-corrected chi connectivity index (χ3v) is 5.80. The molecule has 0 aromatic rings. The number of carboxylic acids is 2. The Bertz CT molecular complexity index is 445. The van der Waals surface area contributed by atoms with Gasteiger partial charge in [0.25, 0.3) is 0 Å². The molecule has 0 spiro atoms. The summed E-state index contributed by atoms with van der Waals surface area (Å²) in [6.45, 7) is 4.49. The molecule has 0 aliphatic carbocycles. The predicted octanol–water partition coefficient (Wildman–Crippen LogP) is 9.87. The van der Waals surface area contributed by atoms with Crippen molar-refractivity contribution in [1.82, 2.24) is 0 Å². The molecule has 0 atom stereocenters. The summed E-state index contributed by atoms with van der Waals surface area (Å²) in [5, 5.41) is 16.9. The maximum absolute atomic E-state index is 10.3. The van der Waals surface area contributed by atoms with Gasteiger partial charge in [0, 0.05) is 32.3 Å². The molecule has 0 amide bonds. The van der Waals surface area contributed by atoms with Gasteiger partial charge in [0.15, 0.2) is 0 Å². The van der Waals surface area contributed by atoms with E-state index in [4.69, 9.17) is 10.2 Å². The van der Waals surface area contributed by atoms with E-state index in [9.17, 15) is 9.59 Å². The van der Waals surface area contributed by atoms with E-state index in [0.29, 0.717) is 12.8 Å². The van der Waals surface area contributed by atoms with Crippen molar-refractivity contribution in [2.45, 2.75) is 155 Å². The second-order valence-corrected chi connectivity index (χ2v) is 9.33. The van der Waals surface area contributed by atoms with Gasteiger partial charge in [0.1, 0.15) is 0 Å². The number of aliphatic carboxylic acids is 2. The summed E-state index contributed by atoms with van der Waals surface area (Å²) in [6.07, 6.45) is 33.8. The molecule has 0 bridgehead atoms. The molecule has 0 aromatic heterocycles. The van der Waals surface area contributed by atoms with Gasteiger partial charge in [-0.25, -0.2) is 0 Å². The van der Waals surface area contributed by atoms with Crippen LogP contribution < -0.4 is 0 Å². The normalized spacial score (nSPS) is 10.8. The van der Waals surface area contributed by atoms with E-state index in [0.717, 1.165) is 38.5 Å². The molecule has 35 heavy (non-hydrogen) atoms. The van der Waals surface area contributed by atoms with E-state index >= 15 is 0 Å². The summed E-state index contributed by atoms with van der Waals surface area (Å²) in [6, 6.07) is 0. The standard InChI is InChI=1S/2C15H28O2.Zn/c2*1-2-3-4-5-6-7-8-9-10-11-12-13-14-15(16)17;/h2*10-11H,2-9,12-14H2,1H3,(H,16,17);. The summed E-state index contributed by atoms with van der Waals surface area (Å²) < 4.78 is 0. The molecule has 0 saturated carbocycles. The van der Waals surface area contributed by atoms with Crippen LogP contribution in [0, 0.1) is 0 Å². The Labute approximate surface area is 230 Å². The van der Waals surface area contributed by atoms with E-state index < -0.39 is 11.9 Å². The number of allylic oxidation sites excluding steroid dienone is 4. The fourth-order valence-corrected chi connectivity index (χ4v) is 3.65. The largest absolute Gasteiger partial charge is 0.481 e. The smallest absolute Gasteiger partial charge is 0.303 e. The molecule has 0 aromatic carbocycles. The Morgan fingerprint density at radius 2 is 0.714 bits per heavy atom. The Morgan fingerprint density at radius 3 is 1.00 bits per heavy atom. The van der Waals surface area contributed by atoms with Crippen LogP contribution in [0.25, 0.3) is 0 Å². The first-order valence-corrected chi connectivity index (χ1v) is 14.3. The van der Waals surface area contributed by atoms with Gasteiger partial charge in [-0.05, 0) is 51.4 Å². The Morgan fingerprint density at radius 1 is 0.457 bits per heavy atom. The molecule has 0 aliphatic heterocycles. The van der Waals surface area contributed by atoms with Crippen molar-refractivity contribution in [3.05, 3.63) is 24.3 Å². The van der Waals surface area contributed by atoms with Crippen LogP contribution in [0.2, 0.25) is 0 Å². The van der Waals surface area contributed by atoms with Gasteiger partial charge in [-0.1, -0.05) is 115 Å². The quantitative estimate of drug-likeness (QED) is 0.0718. The molecule has 0 aliphatic rings. The molecular formula is C30H56O4Zn. The van der Waals surface area contributed by atoms with Crippen LogP contribution in [0.5, 0.6) is 0 Å². The number of carboxylic acid groups (broad SMARTS) is 2. The fourth-order valence-electron chi connectivity index (χ4n) is 3.65. The number of hydrogen-bond acceptors (Lipinski definition) is 2. The van der Waals surface area contributed by atoms with Crippen molar-refractivity contribution in [2.75, 3.05) is 0 Å². The van der Waals surface area contributed by atoms with Crippen molar-refractivity contribution >= 4 is 11.9 Å². The zero-order valence-electron chi connectivity index (χ0n) is 23.3. The third-order valence-electron chi connectivity index (χ3n) is 5.80. The zero-order valence-corrected chi connectivity index (χ0v) is 26.3. The third kappa shape index (κ3) is 43.5. The van der Waals surface area contributed by atoms with Gasteiger partial charge >= 0.3 is 11.9 Å². The van der Waals surface area contributed by atoms with Gasteiger partial charge in [-0.2, -0.15) is 0 Å². The monoisotopic (exact) mass is 544 g/mol. The number of unbranched alkanes of at least 4 members (excludes halogenated alkanes) is 16. The molecule has 202 valence electrons. The van der Waals surface area contributed by atoms with Gasteiger partial charge in [0.2, 0.25) is 0 Å². The first-order chi connectivity index (χ1) is 16.5. The van der Waals surface area contributed by atoms with Crippen LogP contribution in [0.3, 0.4) is 0 Å². The van der Waals surface area contributed by atoms with Crippen LogP contribution in [0.15, 0.2) is 24.3 Å². The first kappa shape index (κ1) is 38.6. The maximum Gasteiger partial charge on any atom is 0.303 e. The summed E-state index contributed by atoms with van der Waals surface area (Å²) in [4.78, 5) is 20.5. The maximum atomic E-state index is 10.3. The van der Waals surface area contributed by atoms with Gasteiger partial charge in [-0.3, -0.25) is 9.59 Å². The van der Waals surface area contributed by atoms with E-state index in [1.54, 1.807) is 0 Å². The van der Waals surface area contributed by atoms with Gasteiger partial charge < -0.3 is 10.2 Å². The van der Waals surface area contributed by atoms with E-state index in [2.05, 4.69) is 38.2 Å². The SMILES string of the molecule is CCCCCCCCCC=CCCCC(=O)O.CCCCCCCCCC=CCCCC(=O)O.[Zn]. The number of carbonyl (C=O) groups is 2. The topological polar surface area (TPSA) is 74.6 Å². The molecular weight excluding hydrogens is 490 g/mol. The molecule has 0 saturated heterocycles. The van der Waals surface area contributed by atoms with E-state index in [1.165, 1.54) is 89.9 Å². The average molecular weight is 546 g/mol. The van der Waals surface area contributed by atoms with Gasteiger partial charge in [-0.15, -0.1) is 0 Å². The molecule has 0 heterocycles. The zero-order chi connectivity index (χ0) is 25.5. The Kier molecular flexibility index (Phi) is 38.8. The van der Waals surface area contributed by atoms with Crippen LogP contribution >= 0.6 is 0 Å². The van der Waals surface area contributed by atoms with Crippen LogP contribution in [0.1, 0.15) is 155 Å². The van der Waals surface area contributed by atoms with Crippen molar-refractivity contribution < 1.29 is 39.3 Å². The fraction of sp³-hybridized carbons (Fsp3) is 0.800. The first-order valence-electron chi connectivity index (χ1n) is 14.3. The van der Waals surface area contributed by atoms with E-state index in [1.807, 2.05) is 0 Å². The second kappa shape index (κ2) is 35.2. The van der Waals surface area contributed by atoms with Gasteiger partial charge in [0.05, 0.1) is 0 Å². The molecule has 2 N–H and O–H groups in total. The number of rotatable bonds is 24. The van der Waals surface area contributed by atoms with Crippen molar-refractivity contribution in [3.63, 3.8) is 0 Å². The molecule has 0 unspecified atom stereocenters. The summed E-state index contributed by atoms with van der Waals surface area (Å²) in [5.41, 5.74) is 0.